The van der Waals surface area contributed by atoms with Crippen LogP contribution in [0.3, 0.4) is 0 Å². The summed E-state index contributed by atoms with van der Waals surface area (Å²) in [7, 11) is 3.07. The van der Waals surface area contributed by atoms with Crippen molar-refractivity contribution in [2.24, 2.45) is 5.41 Å². The van der Waals surface area contributed by atoms with E-state index in [4.69, 9.17) is 14.2 Å². The van der Waals surface area contributed by atoms with Gasteiger partial charge in [-0.2, -0.15) is 5.26 Å². The Kier molecular flexibility index (Phi) is 4.66. The van der Waals surface area contributed by atoms with Crippen LogP contribution in [-0.4, -0.2) is 33.3 Å². The maximum atomic E-state index is 12.5. The molecule has 0 unspecified atom stereocenters. The quantitative estimate of drug-likeness (QED) is 0.916. The predicted octanol–water partition coefficient (Wildman–Crippen LogP) is 1.96. The van der Waals surface area contributed by atoms with Crippen molar-refractivity contribution in [2.45, 2.75) is 12.8 Å². The van der Waals surface area contributed by atoms with Crippen molar-refractivity contribution >= 4 is 11.6 Å². The fraction of sp³-hybridized carbons (Fsp3) is 0.467. The lowest BCUT2D eigenvalue weighted by atomic mass is 9.81. The van der Waals surface area contributed by atoms with Gasteiger partial charge in [0.15, 0.2) is 0 Å². The summed E-state index contributed by atoms with van der Waals surface area (Å²) in [5.74, 6) is 0.797. The lowest BCUT2D eigenvalue weighted by Gasteiger charge is -2.29. The lowest BCUT2D eigenvalue weighted by molar-refractivity contribution is -0.126. The normalized spacial score (nSPS) is 16.6. The molecule has 0 spiro atoms. The predicted molar refractivity (Wildman–Crippen MR) is 76.3 cm³/mol. The van der Waals surface area contributed by atoms with E-state index in [2.05, 4.69) is 11.4 Å². The molecule has 0 aliphatic carbocycles. The average molecular weight is 290 g/mol. The van der Waals surface area contributed by atoms with Gasteiger partial charge in [0.05, 0.1) is 26.0 Å². The lowest BCUT2D eigenvalue weighted by Crippen LogP contribution is -2.40. The second-order valence-electron chi connectivity index (χ2n) is 4.83. The van der Waals surface area contributed by atoms with Crippen LogP contribution >= 0.6 is 0 Å². The molecule has 1 aromatic rings. The molecular weight excluding hydrogens is 272 g/mol. The van der Waals surface area contributed by atoms with Gasteiger partial charge in [0, 0.05) is 19.3 Å². The Morgan fingerprint density at radius 1 is 1.33 bits per heavy atom. The molecule has 1 aromatic carbocycles. The SMILES string of the molecule is COc1ccc(NC(=O)C2(C#N)CCOCC2)c(OC)c1. The molecule has 1 fully saturated rings. The van der Waals surface area contributed by atoms with Crippen molar-refractivity contribution in [1.29, 1.82) is 5.26 Å². The van der Waals surface area contributed by atoms with E-state index in [0.717, 1.165) is 0 Å². The number of hydrogen-bond donors (Lipinski definition) is 1. The number of benzene rings is 1. The summed E-state index contributed by atoms with van der Waals surface area (Å²) in [6, 6.07) is 7.24. The zero-order chi connectivity index (χ0) is 15.3. The molecule has 21 heavy (non-hydrogen) atoms. The van der Waals surface area contributed by atoms with Crippen LogP contribution in [0.4, 0.5) is 5.69 Å². The number of anilines is 1. The van der Waals surface area contributed by atoms with Crippen molar-refractivity contribution in [3.05, 3.63) is 18.2 Å². The summed E-state index contributed by atoms with van der Waals surface area (Å²) >= 11 is 0. The van der Waals surface area contributed by atoms with Crippen molar-refractivity contribution in [3.8, 4) is 17.6 Å². The number of nitrogens with one attached hydrogen (secondary N) is 1. The molecule has 6 heteroatoms. The molecule has 112 valence electrons. The number of nitriles is 1. The molecule has 1 heterocycles. The minimum absolute atomic E-state index is 0.322. The summed E-state index contributed by atoms with van der Waals surface area (Å²) in [5, 5.41) is 12.2. The smallest absolute Gasteiger partial charge is 0.245 e. The van der Waals surface area contributed by atoms with Crippen molar-refractivity contribution in [2.75, 3.05) is 32.8 Å². The van der Waals surface area contributed by atoms with Crippen LogP contribution in [0.1, 0.15) is 12.8 Å². The zero-order valence-electron chi connectivity index (χ0n) is 12.1. The van der Waals surface area contributed by atoms with Gasteiger partial charge in [-0.15, -0.1) is 0 Å². The number of carbonyl (C=O) groups is 1. The first kappa shape index (κ1) is 15.1. The summed E-state index contributed by atoms with van der Waals surface area (Å²) in [6.07, 6.45) is 0.793. The van der Waals surface area contributed by atoms with E-state index in [-0.39, 0.29) is 5.91 Å². The van der Waals surface area contributed by atoms with E-state index in [1.165, 1.54) is 7.11 Å². The fourth-order valence-corrected chi connectivity index (χ4v) is 2.25. The second-order valence-corrected chi connectivity index (χ2v) is 4.83. The number of ether oxygens (including phenoxy) is 3. The highest BCUT2D eigenvalue weighted by Gasteiger charge is 2.40. The largest absolute Gasteiger partial charge is 0.497 e. The first-order valence-electron chi connectivity index (χ1n) is 6.67. The van der Waals surface area contributed by atoms with Crippen LogP contribution in [0.15, 0.2) is 18.2 Å². The average Bonchev–Trinajstić information content (AvgIpc) is 2.55. The molecule has 1 amide bonds. The van der Waals surface area contributed by atoms with Gasteiger partial charge in [-0.05, 0) is 25.0 Å². The molecule has 1 aliphatic heterocycles. The van der Waals surface area contributed by atoms with Gasteiger partial charge in [-0.3, -0.25) is 4.79 Å². The van der Waals surface area contributed by atoms with Gasteiger partial charge >= 0.3 is 0 Å². The minimum atomic E-state index is -1.04. The molecule has 0 atom stereocenters. The Bertz CT molecular complexity index is 559. The maximum Gasteiger partial charge on any atom is 0.245 e. The van der Waals surface area contributed by atoms with Gasteiger partial charge < -0.3 is 19.5 Å². The highest BCUT2D eigenvalue weighted by Crippen LogP contribution is 2.34. The number of amides is 1. The van der Waals surface area contributed by atoms with Crippen LogP contribution in [-0.2, 0) is 9.53 Å². The Balaban J connectivity index is 2.21. The van der Waals surface area contributed by atoms with Gasteiger partial charge in [0.25, 0.3) is 0 Å². The van der Waals surface area contributed by atoms with E-state index >= 15 is 0 Å². The summed E-state index contributed by atoms with van der Waals surface area (Å²) in [5.41, 5.74) is -0.521. The number of hydrogen-bond acceptors (Lipinski definition) is 5. The molecule has 1 aliphatic rings. The molecule has 1 N–H and O–H groups in total. The fourth-order valence-electron chi connectivity index (χ4n) is 2.25. The Hall–Kier alpha value is -2.26. The number of nitrogens with zero attached hydrogens (tertiary/aromatic N) is 1. The van der Waals surface area contributed by atoms with Crippen molar-refractivity contribution in [1.82, 2.24) is 0 Å². The molecule has 1 saturated heterocycles. The summed E-state index contributed by atoms with van der Waals surface area (Å²) in [6.45, 7) is 0.835. The first-order valence-corrected chi connectivity index (χ1v) is 6.67. The van der Waals surface area contributed by atoms with E-state index < -0.39 is 5.41 Å². The standard InChI is InChI=1S/C15H18N2O4/c1-19-11-3-4-12(13(9-11)20-2)17-14(18)15(10-16)5-7-21-8-6-15/h3-4,9H,5-8H2,1-2H3,(H,17,18). The number of carbonyl (C=O) groups excluding carboxylic acids is 1. The van der Waals surface area contributed by atoms with Gasteiger partial charge in [0.2, 0.25) is 5.91 Å². The van der Waals surface area contributed by atoms with Crippen molar-refractivity contribution < 1.29 is 19.0 Å². The summed E-state index contributed by atoms with van der Waals surface area (Å²) < 4.78 is 15.6. The highest BCUT2D eigenvalue weighted by molar-refractivity contribution is 5.98. The third-order valence-electron chi connectivity index (χ3n) is 3.65. The molecule has 0 saturated carbocycles. The highest BCUT2D eigenvalue weighted by atomic mass is 16.5. The third kappa shape index (κ3) is 3.09. The van der Waals surface area contributed by atoms with E-state index in [9.17, 15) is 10.1 Å². The van der Waals surface area contributed by atoms with Crippen molar-refractivity contribution in [3.63, 3.8) is 0 Å². The molecule has 6 nitrogen and oxygen atoms in total. The summed E-state index contributed by atoms with van der Waals surface area (Å²) in [4.78, 5) is 12.5. The van der Waals surface area contributed by atoms with Gasteiger partial charge in [0.1, 0.15) is 16.9 Å². The number of methoxy groups -OCH3 is 2. The van der Waals surface area contributed by atoms with Gasteiger partial charge in [-0.25, -0.2) is 0 Å². The van der Waals surface area contributed by atoms with E-state index in [0.29, 0.717) is 43.2 Å². The number of rotatable bonds is 4. The molecule has 0 radical (unpaired) electrons. The Labute approximate surface area is 123 Å². The van der Waals surface area contributed by atoms with Crippen LogP contribution < -0.4 is 14.8 Å². The van der Waals surface area contributed by atoms with Crippen LogP contribution in [0.2, 0.25) is 0 Å². The molecule has 0 aromatic heterocycles. The maximum absolute atomic E-state index is 12.5. The second kappa shape index (κ2) is 6.46. The Morgan fingerprint density at radius 3 is 2.62 bits per heavy atom. The third-order valence-corrected chi connectivity index (χ3v) is 3.65. The van der Waals surface area contributed by atoms with E-state index in [1.807, 2.05) is 0 Å². The van der Waals surface area contributed by atoms with E-state index in [1.54, 1.807) is 25.3 Å². The molecule has 2 rings (SSSR count). The first-order chi connectivity index (χ1) is 10.1. The topological polar surface area (TPSA) is 80.6 Å². The van der Waals surface area contributed by atoms with Crippen LogP contribution in [0.5, 0.6) is 11.5 Å². The zero-order valence-corrected chi connectivity index (χ0v) is 12.1. The minimum Gasteiger partial charge on any atom is -0.497 e. The van der Waals surface area contributed by atoms with Gasteiger partial charge in [-0.1, -0.05) is 0 Å². The molecule has 0 bridgehead atoms. The van der Waals surface area contributed by atoms with Crippen LogP contribution in [0, 0.1) is 16.7 Å². The molecular formula is C15H18N2O4. The Morgan fingerprint density at radius 2 is 2.05 bits per heavy atom. The van der Waals surface area contributed by atoms with Crippen LogP contribution in [0.25, 0.3) is 0 Å². The monoisotopic (exact) mass is 290 g/mol.